The van der Waals surface area contributed by atoms with Gasteiger partial charge in [0.1, 0.15) is 0 Å². The second kappa shape index (κ2) is 5.37. The van der Waals surface area contributed by atoms with Crippen LogP contribution in [0.4, 0.5) is 0 Å². The van der Waals surface area contributed by atoms with E-state index in [1.54, 1.807) is 23.9 Å². The van der Waals surface area contributed by atoms with Gasteiger partial charge in [0, 0.05) is 16.8 Å². The molecule has 1 saturated heterocycles. The van der Waals surface area contributed by atoms with Gasteiger partial charge in [0.2, 0.25) is 0 Å². The highest BCUT2D eigenvalue weighted by molar-refractivity contribution is 8.00. The Labute approximate surface area is 98.8 Å². The molecular formula is C12H14O3S. The first-order chi connectivity index (χ1) is 7.75. The summed E-state index contributed by atoms with van der Waals surface area (Å²) in [6.07, 6.45) is 2.29. The van der Waals surface area contributed by atoms with Crippen LogP contribution in [-0.2, 0) is 4.74 Å². The lowest BCUT2D eigenvalue weighted by molar-refractivity contribution is 0.0697. The highest BCUT2D eigenvalue weighted by Crippen LogP contribution is 2.28. The summed E-state index contributed by atoms with van der Waals surface area (Å²) in [6.45, 7) is 1.67. The van der Waals surface area contributed by atoms with Crippen molar-refractivity contribution >= 4 is 17.7 Å². The van der Waals surface area contributed by atoms with E-state index >= 15 is 0 Å². The quantitative estimate of drug-likeness (QED) is 0.879. The van der Waals surface area contributed by atoms with E-state index in [1.165, 1.54) is 6.42 Å². The summed E-state index contributed by atoms with van der Waals surface area (Å²) in [6, 6.07) is 7.02. The molecule has 3 nitrogen and oxygen atoms in total. The molecule has 0 radical (unpaired) electrons. The minimum absolute atomic E-state index is 0.337. The van der Waals surface area contributed by atoms with Crippen molar-refractivity contribution in [1.29, 1.82) is 0 Å². The van der Waals surface area contributed by atoms with Crippen molar-refractivity contribution in [3.05, 3.63) is 29.8 Å². The Morgan fingerprint density at radius 1 is 1.38 bits per heavy atom. The van der Waals surface area contributed by atoms with E-state index in [0.717, 1.165) is 24.5 Å². The van der Waals surface area contributed by atoms with Gasteiger partial charge in [-0.2, -0.15) is 0 Å². The molecule has 0 amide bonds. The van der Waals surface area contributed by atoms with Crippen LogP contribution in [0.15, 0.2) is 29.2 Å². The molecule has 1 aliphatic rings. The number of carbonyl (C=O) groups is 1. The molecule has 0 aromatic heterocycles. The molecule has 4 heteroatoms. The Hall–Kier alpha value is -1.00. The number of thioether (sulfide) groups is 1. The molecule has 0 saturated carbocycles. The van der Waals surface area contributed by atoms with Crippen molar-refractivity contribution in [2.75, 3.05) is 13.2 Å². The van der Waals surface area contributed by atoms with Gasteiger partial charge in [0.15, 0.2) is 0 Å². The second-order valence-electron chi connectivity index (χ2n) is 3.79. The van der Waals surface area contributed by atoms with Crippen LogP contribution in [0.3, 0.4) is 0 Å². The molecule has 0 spiro atoms. The Kier molecular flexibility index (Phi) is 3.85. The number of aromatic carboxylic acids is 1. The van der Waals surface area contributed by atoms with Gasteiger partial charge < -0.3 is 9.84 Å². The third kappa shape index (κ3) is 3.00. The SMILES string of the molecule is O=C(O)c1ccc(SC2CCCOC2)cc1. The van der Waals surface area contributed by atoms with E-state index in [4.69, 9.17) is 9.84 Å². The predicted octanol–water partition coefficient (Wildman–Crippen LogP) is 2.66. The number of carboxylic acids is 1. The Morgan fingerprint density at radius 3 is 2.69 bits per heavy atom. The summed E-state index contributed by atoms with van der Waals surface area (Å²) in [7, 11) is 0. The molecule has 0 aliphatic carbocycles. The van der Waals surface area contributed by atoms with Gasteiger partial charge in [0.05, 0.1) is 12.2 Å². The molecule has 2 rings (SSSR count). The highest BCUT2D eigenvalue weighted by Gasteiger charge is 2.15. The summed E-state index contributed by atoms with van der Waals surface area (Å²) < 4.78 is 5.40. The van der Waals surface area contributed by atoms with Crippen LogP contribution in [-0.4, -0.2) is 29.5 Å². The third-order valence-corrected chi connectivity index (χ3v) is 3.77. The van der Waals surface area contributed by atoms with Crippen LogP contribution in [0.5, 0.6) is 0 Å². The van der Waals surface area contributed by atoms with Crippen LogP contribution in [0.1, 0.15) is 23.2 Å². The maximum Gasteiger partial charge on any atom is 0.335 e. The lowest BCUT2D eigenvalue weighted by Crippen LogP contribution is -2.19. The lowest BCUT2D eigenvalue weighted by atomic mass is 10.2. The van der Waals surface area contributed by atoms with Crippen molar-refractivity contribution in [1.82, 2.24) is 0 Å². The standard InChI is InChI=1S/C12H14O3S/c13-12(14)9-3-5-10(6-4-9)16-11-2-1-7-15-8-11/h3-6,11H,1-2,7-8H2,(H,13,14). The van der Waals surface area contributed by atoms with E-state index in [0.29, 0.717) is 10.8 Å². The largest absolute Gasteiger partial charge is 0.478 e. The van der Waals surface area contributed by atoms with E-state index in [9.17, 15) is 4.79 Å². The lowest BCUT2D eigenvalue weighted by Gasteiger charge is -2.21. The number of carboxylic acid groups (broad SMARTS) is 1. The molecule has 1 aromatic rings. The fraction of sp³-hybridized carbons (Fsp3) is 0.417. The average molecular weight is 238 g/mol. The van der Waals surface area contributed by atoms with Gasteiger partial charge in [-0.05, 0) is 37.1 Å². The van der Waals surface area contributed by atoms with Gasteiger partial charge in [-0.1, -0.05) is 0 Å². The van der Waals surface area contributed by atoms with Crippen molar-refractivity contribution in [3.8, 4) is 0 Å². The Balaban J connectivity index is 1.96. The van der Waals surface area contributed by atoms with Crippen LogP contribution in [0.2, 0.25) is 0 Å². The summed E-state index contributed by atoms with van der Waals surface area (Å²) in [4.78, 5) is 11.8. The fourth-order valence-electron chi connectivity index (χ4n) is 1.67. The summed E-state index contributed by atoms with van der Waals surface area (Å²) in [5.41, 5.74) is 0.337. The van der Waals surface area contributed by atoms with Crippen molar-refractivity contribution in [2.24, 2.45) is 0 Å². The average Bonchev–Trinajstić information content (AvgIpc) is 2.31. The van der Waals surface area contributed by atoms with Crippen LogP contribution >= 0.6 is 11.8 Å². The normalized spacial score (nSPS) is 20.6. The van der Waals surface area contributed by atoms with Crippen molar-refractivity contribution in [2.45, 2.75) is 23.0 Å². The van der Waals surface area contributed by atoms with E-state index in [-0.39, 0.29) is 0 Å². The van der Waals surface area contributed by atoms with Gasteiger partial charge in [-0.3, -0.25) is 0 Å². The van der Waals surface area contributed by atoms with Gasteiger partial charge in [0.25, 0.3) is 0 Å². The monoisotopic (exact) mass is 238 g/mol. The molecule has 0 bridgehead atoms. The zero-order valence-corrected chi connectivity index (χ0v) is 9.70. The van der Waals surface area contributed by atoms with Crippen molar-refractivity contribution < 1.29 is 14.6 Å². The number of hydrogen-bond acceptors (Lipinski definition) is 3. The maximum atomic E-state index is 10.7. The topological polar surface area (TPSA) is 46.5 Å². The number of benzene rings is 1. The Bertz CT molecular complexity index is 355. The first-order valence-electron chi connectivity index (χ1n) is 5.33. The minimum Gasteiger partial charge on any atom is -0.478 e. The first kappa shape index (κ1) is 11.5. The molecule has 1 atom stereocenters. The number of hydrogen-bond donors (Lipinski definition) is 1. The Morgan fingerprint density at radius 2 is 2.12 bits per heavy atom. The maximum absolute atomic E-state index is 10.7. The fourth-order valence-corrected chi connectivity index (χ4v) is 2.80. The van der Waals surface area contributed by atoms with Crippen LogP contribution < -0.4 is 0 Å². The molecule has 1 unspecified atom stereocenters. The van der Waals surface area contributed by atoms with Gasteiger partial charge in [-0.25, -0.2) is 4.79 Å². The molecule has 1 fully saturated rings. The molecule has 86 valence electrons. The van der Waals surface area contributed by atoms with E-state index < -0.39 is 5.97 Å². The molecular weight excluding hydrogens is 224 g/mol. The van der Waals surface area contributed by atoms with Crippen molar-refractivity contribution in [3.63, 3.8) is 0 Å². The summed E-state index contributed by atoms with van der Waals surface area (Å²) in [5, 5.41) is 9.27. The molecule has 16 heavy (non-hydrogen) atoms. The molecule has 1 N–H and O–H groups in total. The molecule has 1 aliphatic heterocycles. The molecule has 1 heterocycles. The van der Waals surface area contributed by atoms with Crippen LogP contribution in [0, 0.1) is 0 Å². The number of rotatable bonds is 3. The smallest absolute Gasteiger partial charge is 0.335 e. The predicted molar refractivity (Wildman–Crippen MR) is 63.1 cm³/mol. The zero-order valence-electron chi connectivity index (χ0n) is 8.89. The van der Waals surface area contributed by atoms with Crippen LogP contribution in [0.25, 0.3) is 0 Å². The number of ether oxygens (including phenoxy) is 1. The third-order valence-electron chi connectivity index (χ3n) is 2.52. The van der Waals surface area contributed by atoms with E-state index in [2.05, 4.69) is 0 Å². The first-order valence-corrected chi connectivity index (χ1v) is 6.21. The van der Waals surface area contributed by atoms with Gasteiger partial charge >= 0.3 is 5.97 Å². The summed E-state index contributed by atoms with van der Waals surface area (Å²) in [5.74, 6) is -0.877. The highest BCUT2D eigenvalue weighted by atomic mass is 32.2. The molecule has 1 aromatic carbocycles. The van der Waals surface area contributed by atoms with Gasteiger partial charge in [-0.15, -0.1) is 11.8 Å². The minimum atomic E-state index is -0.877. The second-order valence-corrected chi connectivity index (χ2v) is 5.16. The van der Waals surface area contributed by atoms with E-state index in [1.807, 2.05) is 12.1 Å². The summed E-state index contributed by atoms with van der Waals surface area (Å²) >= 11 is 1.77. The zero-order chi connectivity index (χ0) is 11.4.